The van der Waals surface area contributed by atoms with E-state index in [-0.39, 0.29) is 44.7 Å². The van der Waals surface area contributed by atoms with E-state index in [2.05, 4.69) is 15.3 Å². The Balaban J connectivity index is 1.57. The Bertz CT molecular complexity index is 1330. The van der Waals surface area contributed by atoms with E-state index in [9.17, 15) is 13.6 Å². The molecule has 3 N–H and O–H groups in total. The third-order valence-electron chi connectivity index (χ3n) is 4.39. The molecular formula is C22H15ClF2N4O3S. The number of halogens is 3. The van der Waals surface area contributed by atoms with Crippen LogP contribution in [0.1, 0.15) is 10.5 Å². The summed E-state index contributed by atoms with van der Waals surface area (Å²) in [7, 11) is 0. The van der Waals surface area contributed by atoms with Gasteiger partial charge in [0.2, 0.25) is 0 Å². The second kappa shape index (κ2) is 9.47. The Labute approximate surface area is 195 Å². The van der Waals surface area contributed by atoms with Crippen LogP contribution in [-0.4, -0.2) is 22.1 Å². The maximum absolute atomic E-state index is 14.6. The number of hydrogen-bond donors (Lipinski definition) is 2. The summed E-state index contributed by atoms with van der Waals surface area (Å²) in [5.41, 5.74) is 6.23. The second-order valence-corrected chi connectivity index (χ2v) is 7.71. The predicted molar refractivity (Wildman–Crippen MR) is 122 cm³/mol. The van der Waals surface area contributed by atoms with Gasteiger partial charge in [-0.05, 0) is 42.7 Å². The van der Waals surface area contributed by atoms with Crippen LogP contribution < -0.4 is 15.8 Å². The number of nitrogens with two attached hydrogens (primary N) is 1. The second-order valence-electron chi connectivity index (χ2n) is 6.58. The highest BCUT2D eigenvalue weighted by Gasteiger charge is 2.22. The van der Waals surface area contributed by atoms with E-state index >= 15 is 0 Å². The first-order valence-electron chi connectivity index (χ1n) is 9.35. The molecule has 0 saturated carbocycles. The normalized spacial score (nSPS) is 10.8. The number of benzene rings is 2. The number of rotatable bonds is 6. The Hall–Kier alpha value is -3.63. The van der Waals surface area contributed by atoms with Gasteiger partial charge >= 0.3 is 0 Å². The molecule has 4 aromatic rings. The number of oxazole rings is 1. The molecule has 1 amide bonds. The number of amides is 1. The van der Waals surface area contributed by atoms with Crippen molar-refractivity contribution in [2.24, 2.45) is 0 Å². The fourth-order valence-electron chi connectivity index (χ4n) is 2.83. The minimum atomic E-state index is -0.747. The molecule has 33 heavy (non-hydrogen) atoms. The first-order valence-corrected chi connectivity index (χ1v) is 11.0. The van der Waals surface area contributed by atoms with Crippen LogP contribution in [0.3, 0.4) is 0 Å². The predicted octanol–water partition coefficient (Wildman–Crippen LogP) is 6.02. The fraction of sp³-hybridized carbons (Fsp3) is 0.0455. The van der Waals surface area contributed by atoms with Crippen LogP contribution in [0, 0.1) is 11.6 Å². The Kier molecular flexibility index (Phi) is 6.47. The highest BCUT2D eigenvalue weighted by Crippen LogP contribution is 2.34. The first kappa shape index (κ1) is 22.6. The standard InChI is InChI=1S/C22H15ClF2N4O3S/c1-33-22-29-18(19(32-22)11-2-4-12(24)5-3-11)21(30)28-13-6-7-15(14(25)10-13)31-16-8-9-27-20(26)17(16)23/h2-10H,1H3,(H2,26,27)(H,28,30). The molecule has 0 spiro atoms. The monoisotopic (exact) mass is 488 g/mol. The van der Waals surface area contributed by atoms with Gasteiger partial charge in [0.25, 0.3) is 11.1 Å². The molecule has 0 bridgehead atoms. The van der Waals surface area contributed by atoms with Crippen LogP contribution in [0.25, 0.3) is 11.3 Å². The molecule has 0 atom stereocenters. The number of nitrogens with zero attached hydrogens (tertiary/aromatic N) is 2. The van der Waals surface area contributed by atoms with Gasteiger partial charge in [-0.3, -0.25) is 4.79 Å². The minimum Gasteiger partial charge on any atom is -0.453 e. The zero-order valence-corrected chi connectivity index (χ0v) is 18.5. The third-order valence-corrected chi connectivity index (χ3v) is 5.30. The van der Waals surface area contributed by atoms with Crippen molar-refractivity contribution in [3.63, 3.8) is 0 Å². The molecule has 0 radical (unpaired) electrons. The zero-order valence-electron chi connectivity index (χ0n) is 16.9. The maximum Gasteiger partial charge on any atom is 0.278 e. The molecular weight excluding hydrogens is 474 g/mol. The summed E-state index contributed by atoms with van der Waals surface area (Å²) in [5, 5.41) is 2.88. The third kappa shape index (κ3) is 4.91. The number of carbonyl (C=O) groups excluding carboxylic acids is 1. The molecule has 0 saturated heterocycles. The number of pyridine rings is 1. The summed E-state index contributed by atoms with van der Waals surface area (Å²) in [6, 6.07) is 10.7. The molecule has 168 valence electrons. The van der Waals surface area contributed by atoms with Gasteiger partial charge in [-0.1, -0.05) is 23.4 Å². The molecule has 0 aliphatic carbocycles. The first-order chi connectivity index (χ1) is 15.9. The molecule has 11 heteroatoms. The summed E-state index contributed by atoms with van der Waals surface area (Å²) in [6.07, 6.45) is 3.11. The summed E-state index contributed by atoms with van der Waals surface area (Å²) < 4.78 is 39.0. The largest absolute Gasteiger partial charge is 0.453 e. The van der Waals surface area contributed by atoms with Crippen molar-refractivity contribution in [2.75, 3.05) is 17.3 Å². The molecule has 0 aliphatic heterocycles. The van der Waals surface area contributed by atoms with Crippen molar-refractivity contribution in [2.45, 2.75) is 5.22 Å². The maximum atomic E-state index is 14.6. The SMILES string of the molecule is CSc1nc(C(=O)Nc2ccc(Oc3ccnc(N)c3Cl)c(F)c2)c(-c2ccc(F)cc2)o1. The molecule has 7 nitrogen and oxygen atoms in total. The number of carbonyl (C=O) groups is 1. The number of anilines is 2. The van der Waals surface area contributed by atoms with Crippen LogP contribution in [0.2, 0.25) is 5.02 Å². The van der Waals surface area contributed by atoms with E-state index in [1.54, 1.807) is 6.26 Å². The highest BCUT2D eigenvalue weighted by atomic mass is 35.5. The van der Waals surface area contributed by atoms with E-state index in [1.165, 1.54) is 60.4 Å². The van der Waals surface area contributed by atoms with E-state index in [4.69, 9.17) is 26.5 Å². The van der Waals surface area contributed by atoms with E-state index < -0.39 is 17.5 Å². The summed E-state index contributed by atoms with van der Waals surface area (Å²) >= 11 is 7.22. The van der Waals surface area contributed by atoms with Gasteiger partial charge in [-0.2, -0.15) is 4.98 Å². The molecule has 0 unspecified atom stereocenters. The Morgan fingerprint density at radius 2 is 1.91 bits per heavy atom. The van der Waals surface area contributed by atoms with Crippen LogP contribution in [-0.2, 0) is 0 Å². The van der Waals surface area contributed by atoms with Gasteiger partial charge in [0.1, 0.15) is 16.7 Å². The number of thioether (sulfide) groups is 1. The van der Waals surface area contributed by atoms with Crippen molar-refractivity contribution in [1.29, 1.82) is 0 Å². The zero-order chi connectivity index (χ0) is 23.5. The van der Waals surface area contributed by atoms with Crippen molar-refractivity contribution < 1.29 is 22.7 Å². The molecule has 2 heterocycles. The van der Waals surface area contributed by atoms with Crippen LogP contribution in [0.15, 0.2) is 64.4 Å². The van der Waals surface area contributed by atoms with Gasteiger partial charge in [0, 0.05) is 29.6 Å². The summed E-state index contributed by atoms with van der Waals surface area (Å²) in [6.45, 7) is 0. The fourth-order valence-corrected chi connectivity index (χ4v) is 3.33. The number of ether oxygens (including phenoxy) is 1. The number of nitrogens with one attached hydrogen (secondary N) is 1. The van der Waals surface area contributed by atoms with Crippen molar-refractivity contribution in [1.82, 2.24) is 9.97 Å². The van der Waals surface area contributed by atoms with Crippen LogP contribution >= 0.6 is 23.4 Å². The molecule has 2 aromatic heterocycles. The van der Waals surface area contributed by atoms with Gasteiger partial charge < -0.3 is 20.2 Å². The quantitative estimate of drug-likeness (QED) is 0.320. The Morgan fingerprint density at radius 1 is 1.15 bits per heavy atom. The van der Waals surface area contributed by atoms with E-state index in [1.807, 2.05) is 0 Å². The van der Waals surface area contributed by atoms with Gasteiger partial charge in [0.05, 0.1) is 0 Å². The molecule has 2 aromatic carbocycles. The number of hydrogen-bond acceptors (Lipinski definition) is 7. The average molecular weight is 489 g/mol. The van der Waals surface area contributed by atoms with Crippen LogP contribution in [0.4, 0.5) is 20.3 Å². The van der Waals surface area contributed by atoms with Crippen LogP contribution in [0.5, 0.6) is 11.5 Å². The lowest BCUT2D eigenvalue weighted by Gasteiger charge is -2.11. The lowest BCUT2D eigenvalue weighted by molar-refractivity contribution is 0.102. The minimum absolute atomic E-state index is 0.0225. The summed E-state index contributed by atoms with van der Waals surface area (Å²) in [4.78, 5) is 20.9. The van der Waals surface area contributed by atoms with Gasteiger partial charge in [-0.15, -0.1) is 0 Å². The van der Waals surface area contributed by atoms with Gasteiger partial charge in [0.15, 0.2) is 28.8 Å². The topological polar surface area (TPSA) is 103 Å². The van der Waals surface area contributed by atoms with E-state index in [0.29, 0.717) is 5.56 Å². The number of nitrogen functional groups attached to an aromatic ring is 1. The lowest BCUT2D eigenvalue weighted by atomic mass is 10.1. The van der Waals surface area contributed by atoms with Crippen molar-refractivity contribution >= 4 is 40.8 Å². The number of aromatic nitrogens is 2. The van der Waals surface area contributed by atoms with Gasteiger partial charge in [-0.25, -0.2) is 13.8 Å². The average Bonchev–Trinajstić information content (AvgIpc) is 3.24. The van der Waals surface area contributed by atoms with E-state index in [0.717, 1.165) is 6.07 Å². The smallest absolute Gasteiger partial charge is 0.278 e. The highest BCUT2D eigenvalue weighted by molar-refractivity contribution is 7.98. The molecule has 4 rings (SSSR count). The molecule has 0 fully saturated rings. The van der Waals surface area contributed by atoms with Crippen molar-refractivity contribution in [3.05, 3.63) is 77.1 Å². The Morgan fingerprint density at radius 3 is 2.61 bits per heavy atom. The summed E-state index contributed by atoms with van der Waals surface area (Å²) in [5.74, 6) is -1.58. The molecule has 0 aliphatic rings. The lowest BCUT2D eigenvalue weighted by Crippen LogP contribution is -2.13. The van der Waals surface area contributed by atoms with Crippen molar-refractivity contribution in [3.8, 4) is 22.8 Å².